The summed E-state index contributed by atoms with van der Waals surface area (Å²) in [5.41, 5.74) is 6.31. The van der Waals surface area contributed by atoms with Crippen LogP contribution in [-0.2, 0) is 9.84 Å². The lowest BCUT2D eigenvalue weighted by atomic mass is 10.2. The molecule has 0 spiro atoms. The van der Waals surface area contributed by atoms with Gasteiger partial charge in [0.05, 0.1) is 28.4 Å². The summed E-state index contributed by atoms with van der Waals surface area (Å²) in [6.07, 6.45) is 2.86. The van der Waals surface area contributed by atoms with Crippen molar-refractivity contribution < 1.29 is 13.5 Å². The molecule has 1 aliphatic carbocycles. The number of nitrogens with one attached hydrogen (secondary N) is 1. The first-order chi connectivity index (χ1) is 7.88. The van der Waals surface area contributed by atoms with Gasteiger partial charge >= 0.3 is 0 Å². The monoisotopic (exact) mass is 256 g/mol. The second-order valence-electron chi connectivity index (χ2n) is 4.55. The van der Waals surface area contributed by atoms with Crippen molar-refractivity contribution >= 4 is 21.2 Å². The maximum Gasteiger partial charge on any atom is 0.177 e. The van der Waals surface area contributed by atoms with Gasteiger partial charge in [-0.2, -0.15) is 0 Å². The first-order valence-electron chi connectivity index (χ1n) is 5.36. The number of para-hydroxylation sites is 1. The molecule has 1 aromatic carbocycles. The normalized spacial score (nSPS) is 17.8. The van der Waals surface area contributed by atoms with Crippen LogP contribution in [0.1, 0.15) is 12.8 Å². The Morgan fingerprint density at radius 1 is 1.47 bits per heavy atom. The third-order valence-corrected chi connectivity index (χ3v) is 4.18. The van der Waals surface area contributed by atoms with Crippen molar-refractivity contribution in [3.63, 3.8) is 0 Å². The molecular weight excluding hydrogens is 240 g/mol. The Morgan fingerprint density at radius 3 is 2.59 bits per heavy atom. The summed E-state index contributed by atoms with van der Waals surface area (Å²) in [7, 11) is -3.33. The van der Waals surface area contributed by atoms with Crippen LogP contribution in [-0.4, -0.2) is 31.9 Å². The van der Waals surface area contributed by atoms with Crippen LogP contribution in [0.4, 0.5) is 11.4 Å². The minimum Gasteiger partial charge on any atom is -0.396 e. The molecule has 6 heteroatoms. The van der Waals surface area contributed by atoms with Crippen LogP contribution >= 0.6 is 0 Å². The van der Waals surface area contributed by atoms with Crippen molar-refractivity contribution in [3.8, 4) is 0 Å². The number of rotatable bonds is 4. The van der Waals surface area contributed by atoms with Crippen LogP contribution in [0.15, 0.2) is 23.1 Å². The van der Waals surface area contributed by atoms with Crippen molar-refractivity contribution in [2.75, 3.05) is 23.9 Å². The predicted molar refractivity (Wildman–Crippen MR) is 66.6 cm³/mol. The summed E-state index contributed by atoms with van der Waals surface area (Å²) in [5.74, 6) is 0. The largest absolute Gasteiger partial charge is 0.396 e. The third kappa shape index (κ3) is 2.37. The van der Waals surface area contributed by atoms with E-state index < -0.39 is 9.84 Å². The van der Waals surface area contributed by atoms with Crippen LogP contribution in [0.2, 0.25) is 0 Å². The van der Waals surface area contributed by atoms with Crippen molar-refractivity contribution in [3.05, 3.63) is 18.2 Å². The first-order valence-corrected chi connectivity index (χ1v) is 7.25. The standard InChI is InChI=1S/C11H16N2O3S/c1-17(15,16)9-4-2-3-8(10(9)12)13-11(7-14)5-6-11/h2-4,13-14H,5-7,12H2,1H3. The van der Waals surface area contributed by atoms with Gasteiger partial charge < -0.3 is 16.2 Å². The Labute approximate surface area is 101 Å². The van der Waals surface area contributed by atoms with Crippen molar-refractivity contribution in [1.29, 1.82) is 0 Å². The van der Waals surface area contributed by atoms with Gasteiger partial charge in [0.2, 0.25) is 0 Å². The molecule has 1 aromatic rings. The summed E-state index contributed by atoms with van der Waals surface area (Å²) in [6.45, 7) is 0.0234. The highest BCUT2D eigenvalue weighted by Crippen LogP contribution is 2.40. The fourth-order valence-corrected chi connectivity index (χ4v) is 2.57. The molecule has 94 valence electrons. The third-order valence-electron chi connectivity index (χ3n) is 3.02. The van der Waals surface area contributed by atoms with Crippen LogP contribution in [0, 0.1) is 0 Å². The molecule has 1 saturated carbocycles. The zero-order valence-corrected chi connectivity index (χ0v) is 10.4. The van der Waals surface area contributed by atoms with E-state index in [4.69, 9.17) is 5.73 Å². The molecule has 0 aliphatic heterocycles. The lowest BCUT2D eigenvalue weighted by Crippen LogP contribution is -2.26. The highest BCUT2D eigenvalue weighted by atomic mass is 32.2. The molecule has 1 aliphatic rings. The Hall–Kier alpha value is -1.27. The maximum atomic E-state index is 11.5. The Balaban J connectivity index is 2.37. The number of hydrogen-bond acceptors (Lipinski definition) is 5. The molecule has 17 heavy (non-hydrogen) atoms. The van der Waals surface area contributed by atoms with Gasteiger partial charge in [-0.3, -0.25) is 0 Å². The number of hydrogen-bond donors (Lipinski definition) is 3. The fraction of sp³-hybridized carbons (Fsp3) is 0.455. The number of anilines is 2. The van der Waals surface area contributed by atoms with E-state index in [-0.39, 0.29) is 22.7 Å². The molecule has 0 heterocycles. The predicted octanol–water partition coefficient (Wildman–Crippen LogP) is 0.609. The second-order valence-corrected chi connectivity index (χ2v) is 6.54. The van der Waals surface area contributed by atoms with Crippen LogP contribution in [0.3, 0.4) is 0 Å². The van der Waals surface area contributed by atoms with Crippen molar-refractivity contribution in [2.45, 2.75) is 23.3 Å². The molecular formula is C11H16N2O3S. The molecule has 0 atom stereocenters. The molecule has 0 bridgehead atoms. The van der Waals surface area contributed by atoms with Gasteiger partial charge in [0.15, 0.2) is 9.84 Å². The number of sulfone groups is 1. The highest BCUT2D eigenvalue weighted by Gasteiger charge is 2.42. The van der Waals surface area contributed by atoms with Gasteiger partial charge in [0.25, 0.3) is 0 Å². The van der Waals surface area contributed by atoms with E-state index in [9.17, 15) is 13.5 Å². The molecule has 0 aromatic heterocycles. The van der Waals surface area contributed by atoms with Gasteiger partial charge in [-0.25, -0.2) is 8.42 Å². The van der Waals surface area contributed by atoms with Gasteiger partial charge in [-0.15, -0.1) is 0 Å². The molecule has 4 N–H and O–H groups in total. The summed E-state index contributed by atoms with van der Waals surface area (Å²) >= 11 is 0. The summed E-state index contributed by atoms with van der Waals surface area (Å²) < 4.78 is 23.0. The van der Waals surface area contributed by atoms with Crippen molar-refractivity contribution in [1.82, 2.24) is 0 Å². The number of nitrogens with two attached hydrogens (primary N) is 1. The topological polar surface area (TPSA) is 92.4 Å². The number of aliphatic hydroxyl groups is 1. The maximum absolute atomic E-state index is 11.5. The molecule has 1 fully saturated rings. The Bertz CT molecular complexity index is 536. The van der Waals surface area contributed by atoms with E-state index in [1.54, 1.807) is 12.1 Å². The van der Waals surface area contributed by atoms with E-state index in [2.05, 4.69) is 5.32 Å². The lowest BCUT2D eigenvalue weighted by molar-refractivity contribution is 0.266. The molecule has 5 nitrogen and oxygen atoms in total. The van der Waals surface area contributed by atoms with Crippen LogP contribution in [0.5, 0.6) is 0 Å². The molecule has 0 unspecified atom stereocenters. The number of nitrogen functional groups attached to an aromatic ring is 1. The molecule has 2 rings (SSSR count). The minimum atomic E-state index is -3.33. The smallest absolute Gasteiger partial charge is 0.177 e. The molecule has 0 amide bonds. The minimum absolute atomic E-state index is 0.0234. The van der Waals surface area contributed by atoms with E-state index in [0.717, 1.165) is 19.1 Å². The molecule has 0 radical (unpaired) electrons. The number of aliphatic hydroxyl groups excluding tert-OH is 1. The van der Waals surface area contributed by atoms with Crippen molar-refractivity contribution in [2.24, 2.45) is 0 Å². The Morgan fingerprint density at radius 2 is 2.12 bits per heavy atom. The van der Waals surface area contributed by atoms with Gasteiger partial charge in [-0.05, 0) is 25.0 Å². The van der Waals surface area contributed by atoms with Crippen LogP contribution < -0.4 is 11.1 Å². The second kappa shape index (κ2) is 3.89. The zero-order valence-electron chi connectivity index (χ0n) is 9.60. The summed E-state index contributed by atoms with van der Waals surface area (Å²) in [6, 6.07) is 4.84. The number of benzene rings is 1. The molecule has 0 saturated heterocycles. The average molecular weight is 256 g/mol. The van der Waals surface area contributed by atoms with E-state index in [1.807, 2.05) is 0 Å². The van der Waals surface area contributed by atoms with Gasteiger partial charge in [0.1, 0.15) is 0 Å². The Kier molecular flexibility index (Phi) is 2.79. The highest BCUT2D eigenvalue weighted by molar-refractivity contribution is 7.90. The van der Waals surface area contributed by atoms with Gasteiger partial charge in [0, 0.05) is 6.26 Å². The quantitative estimate of drug-likeness (QED) is 0.686. The van der Waals surface area contributed by atoms with E-state index in [1.165, 1.54) is 6.07 Å². The van der Waals surface area contributed by atoms with Crippen LogP contribution in [0.25, 0.3) is 0 Å². The summed E-state index contributed by atoms with van der Waals surface area (Å²) in [4.78, 5) is 0.122. The fourth-order valence-electron chi connectivity index (χ4n) is 1.74. The average Bonchev–Trinajstić information content (AvgIpc) is 3.00. The lowest BCUT2D eigenvalue weighted by Gasteiger charge is -2.18. The van der Waals surface area contributed by atoms with E-state index in [0.29, 0.717) is 5.69 Å². The summed E-state index contributed by atoms with van der Waals surface area (Å²) in [5, 5.41) is 12.3. The SMILES string of the molecule is CS(=O)(=O)c1cccc(NC2(CO)CC2)c1N. The van der Waals surface area contributed by atoms with E-state index >= 15 is 0 Å². The zero-order chi connectivity index (χ0) is 12.7. The first kappa shape index (κ1) is 12.2. The van der Waals surface area contributed by atoms with Gasteiger partial charge in [-0.1, -0.05) is 6.07 Å².